The summed E-state index contributed by atoms with van der Waals surface area (Å²) in [4.78, 5) is 0. The van der Waals surface area contributed by atoms with E-state index in [2.05, 4.69) is 31.3 Å². The topological polar surface area (TPSA) is 34.4 Å². The molecule has 1 N–H and O–H groups in total. The van der Waals surface area contributed by atoms with Gasteiger partial charge in [-0.15, -0.1) is 0 Å². The van der Waals surface area contributed by atoms with Crippen molar-refractivity contribution < 1.29 is 9.15 Å². The normalized spacial score (nSPS) is 10.6. The van der Waals surface area contributed by atoms with Gasteiger partial charge in [-0.05, 0) is 38.6 Å². The minimum Gasteiger partial charge on any atom is -0.485 e. The van der Waals surface area contributed by atoms with E-state index in [1.54, 1.807) is 6.26 Å². The van der Waals surface area contributed by atoms with Gasteiger partial charge in [0.25, 0.3) is 0 Å². The summed E-state index contributed by atoms with van der Waals surface area (Å²) in [6, 6.07) is 8.18. The summed E-state index contributed by atoms with van der Waals surface area (Å²) in [6.07, 6.45) is 1.76. The monoisotopic (exact) mass is 245 g/mol. The zero-order chi connectivity index (χ0) is 13.0. The summed E-state index contributed by atoms with van der Waals surface area (Å²) in [5, 5.41) is 3.09. The first-order chi connectivity index (χ1) is 8.69. The molecule has 0 spiro atoms. The van der Waals surface area contributed by atoms with E-state index in [4.69, 9.17) is 9.15 Å². The molecule has 0 saturated heterocycles. The molecule has 2 rings (SSSR count). The van der Waals surface area contributed by atoms with Gasteiger partial charge < -0.3 is 14.5 Å². The van der Waals surface area contributed by atoms with Crippen molar-refractivity contribution in [3.05, 3.63) is 53.0 Å². The standard InChI is InChI=1S/C15H19NO2/c1-11-4-5-15(12(2)6-11)18-10-14-7-13(8-16-3)9-17-14/h4-7,9,16H,8,10H2,1-3H3. The van der Waals surface area contributed by atoms with Gasteiger partial charge in [0.2, 0.25) is 0 Å². The fourth-order valence-electron chi connectivity index (χ4n) is 1.91. The first-order valence-electron chi connectivity index (χ1n) is 6.10. The Labute approximate surface area is 108 Å². The summed E-state index contributed by atoms with van der Waals surface area (Å²) in [5.74, 6) is 1.76. The third kappa shape index (κ3) is 3.14. The number of benzene rings is 1. The van der Waals surface area contributed by atoms with Crippen molar-refractivity contribution in [2.45, 2.75) is 27.0 Å². The van der Waals surface area contributed by atoms with Crippen LogP contribution in [0.1, 0.15) is 22.5 Å². The summed E-state index contributed by atoms with van der Waals surface area (Å²) in [7, 11) is 1.92. The molecule has 3 heteroatoms. The van der Waals surface area contributed by atoms with Crippen LogP contribution in [0.25, 0.3) is 0 Å². The van der Waals surface area contributed by atoms with Crippen molar-refractivity contribution in [2.75, 3.05) is 7.05 Å². The minimum absolute atomic E-state index is 0.466. The second-order valence-corrected chi connectivity index (χ2v) is 4.51. The molecular formula is C15H19NO2. The maximum atomic E-state index is 5.76. The Kier molecular flexibility index (Phi) is 4.05. The number of aryl methyl sites for hydroxylation is 2. The maximum Gasteiger partial charge on any atom is 0.146 e. The summed E-state index contributed by atoms with van der Waals surface area (Å²) in [5.41, 5.74) is 3.53. The van der Waals surface area contributed by atoms with Crippen LogP contribution in [0.4, 0.5) is 0 Å². The highest BCUT2D eigenvalue weighted by atomic mass is 16.5. The highest BCUT2D eigenvalue weighted by Crippen LogP contribution is 2.20. The second kappa shape index (κ2) is 5.74. The predicted molar refractivity (Wildman–Crippen MR) is 71.7 cm³/mol. The van der Waals surface area contributed by atoms with Gasteiger partial charge in [-0.1, -0.05) is 17.7 Å². The second-order valence-electron chi connectivity index (χ2n) is 4.51. The van der Waals surface area contributed by atoms with Gasteiger partial charge in [-0.25, -0.2) is 0 Å². The van der Waals surface area contributed by atoms with Crippen molar-refractivity contribution in [3.8, 4) is 5.75 Å². The van der Waals surface area contributed by atoms with E-state index in [0.717, 1.165) is 29.2 Å². The molecule has 1 heterocycles. The van der Waals surface area contributed by atoms with Gasteiger partial charge in [-0.2, -0.15) is 0 Å². The molecule has 0 aliphatic heterocycles. The lowest BCUT2D eigenvalue weighted by molar-refractivity contribution is 0.268. The molecule has 0 amide bonds. The average Bonchev–Trinajstić information content (AvgIpc) is 2.76. The molecule has 0 fully saturated rings. The molecule has 0 aliphatic carbocycles. The number of furan rings is 1. The lowest BCUT2D eigenvalue weighted by Crippen LogP contribution is -2.03. The molecule has 18 heavy (non-hydrogen) atoms. The van der Waals surface area contributed by atoms with Gasteiger partial charge in [0, 0.05) is 12.1 Å². The van der Waals surface area contributed by atoms with Crippen LogP contribution in [0.5, 0.6) is 5.75 Å². The van der Waals surface area contributed by atoms with Gasteiger partial charge in [0.15, 0.2) is 0 Å². The Balaban J connectivity index is 1.97. The Morgan fingerprint density at radius 2 is 2.06 bits per heavy atom. The van der Waals surface area contributed by atoms with Crippen LogP contribution in [0, 0.1) is 13.8 Å². The number of hydrogen-bond donors (Lipinski definition) is 1. The third-order valence-electron chi connectivity index (χ3n) is 2.79. The van der Waals surface area contributed by atoms with Crippen LogP contribution in [-0.4, -0.2) is 7.05 Å². The molecule has 0 unspecified atom stereocenters. The van der Waals surface area contributed by atoms with E-state index in [-0.39, 0.29) is 0 Å². The van der Waals surface area contributed by atoms with Crippen LogP contribution < -0.4 is 10.1 Å². The summed E-state index contributed by atoms with van der Waals surface area (Å²) in [6.45, 7) is 5.41. The Morgan fingerprint density at radius 1 is 1.22 bits per heavy atom. The van der Waals surface area contributed by atoms with Gasteiger partial charge in [0.1, 0.15) is 18.1 Å². The van der Waals surface area contributed by atoms with E-state index in [1.807, 2.05) is 19.2 Å². The molecule has 1 aromatic heterocycles. The van der Waals surface area contributed by atoms with Crippen molar-refractivity contribution in [1.82, 2.24) is 5.32 Å². The van der Waals surface area contributed by atoms with Crippen molar-refractivity contribution in [1.29, 1.82) is 0 Å². The smallest absolute Gasteiger partial charge is 0.146 e. The lowest BCUT2D eigenvalue weighted by Gasteiger charge is -2.08. The molecule has 0 radical (unpaired) electrons. The van der Waals surface area contributed by atoms with Crippen LogP contribution in [0.2, 0.25) is 0 Å². The number of rotatable bonds is 5. The summed E-state index contributed by atoms with van der Waals surface area (Å²) >= 11 is 0. The molecule has 0 atom stereocenters. The SMILES string of the molecule is CNCc1coc(COc2ccc(C)cc2C)c1. The Morgan fingerprint density at radius 3 is 2.78 bits per heavy atom. The third-order valence-corrected chi connectivity index (χ3v) is 2.79. The summed E-state index contributed by atoms with van der Waals surface area (Å²) < 4.78 is 11.2. The minimum atomic E-state index is 0.466. The zero-order valence-electron chi connectivity index (χ0n) is 11.1. The fraction of sp³-hybridized carbons (Fsp3) is 0.333. The Hall–Kier alpha value is -1.74. The number of hydrogen-bond acceptors (Lipinski definition) is 3. The first kappa shape index (κ1) is 12.7. The molecule has 2 aromatic rings. The highest BCUT2D eigenvalue weighted by Gasteiger charge is 2.04. The van der Waals surface area contributed by atoms with E-state index < -0.39 is 0 Å². The molecule has 0 saturated carbocycles. The Bertz CT molecular complexity index is 517. The van der Waals surface area contributed by atoms with E-state index in [0.29, 0.717) is 6.61 Å². The highest BCUT2D eigenvalue weighted by molar-refractivity contribution is 5.35. The van der Waals surface area contributed by atoms with Crippen molar-refractivity contribution >= 4 is 0 Å². The van der Waals surface area contributed by atoms with Gasteiger partial charge >= 0.3 is 0 Å². The molecule has 96 valence electrons. The van der Waals surface area contributed by atoms with Crippen LogP contribution >= 0.6 is 0 Å². The molecular weight excluding hydrogens is 226 g/mol. The average molecular weight is 245 g/mol. The van der Waals surface area contributed by atoms with E-state index in [9.17, 15) is 0 Å². The first-order valence-corrected chi connectivity index (χ1v) is 6.10. The molecule has 3 nitrogen and oxygen atoms in total. The van der Waals surface area contributed by atoms with Crippen LogP contribution in [0.15, 0.2) is 34.9 Å². The molecule has 0 bridgehead atoms. The number of nitrogens with one attached hydrogen (secondary N) is 1. The quantitative estimate of drug-likeness (QED) is 0.878. The van der Waals surface area contributed by atoms with E-state index >= 15 is 0 Å². The van der Waals surface area contributed by atoms with E-state index in [1.165, 1.54) is 5.56 Å². The fourth-order valence-corrected chi connectivity index (χ4v) is 1.91. The molecule has 0 aliphatic rings. The number of ether oxygens (including phenoxy) is 1. The largest absolute Gasteiger partial charge is 0.485 e. The van der Waals surface area contributed by atoms with Crippen LogP contribution in [0.3, 0.4) is 0 Å². The van der Waals surface area contributed by atoms with Crippen molar-refractivity contribution in [3.63, 3.8) is 0 Å². The van der Waals surface area contributed by atoms with Crippen LogP contribution in [-0.2, 0) is 13.2 Å². The molecule has 1 aromatic carbocycles. The van der Waals surface area contributed by atoms with Gasteiger partial charge in [-0.3, -0.25) is 0 Å². The zero-order valence-corrected chi connectivity index (χ0v) is 11.1. The van der Waals surface area contributed by atoms with Gasteiger partial charge in [0.05, 0.1) is 6.26 Å². The maximum absolute atomic E-state index is 5.76. The predicted octanol–water partition coefficient (Wildman–Crippen LogP) is 3.19. The lowest BCUT2D eigenvalue weighted by atomic mass is 10.1. The van der Waals surface area contributed by atoms with Crippen molar-refractivity contribution in [2.24, 2.45) is 0 Å².